The lowest BCUT2D eigenvalue weighted by Crippen LogP contribution is -2.55. The fourth-order valence-electron chi connectivity index (χ4n) is 9.25. The second-order valence-corrected chi connectivity index (χ2v) is 14.3. The number of benzene rings is 3. The van der Waals surface area contributed by atoms with Crippen LogP contribution in [-0.4, -0.2) is 91.9 Å². The molecule has 0 aliphatic carbocycles. The van der Waals surface area contributed by atoms with E-state index in [9.17, 15) is 9.50 Å². The van der Waals surface area contributed by atoms with Gasteiger partial charge in [0.2, 0.25) is 0 Å². The fraction of sp³-hybridized carbons (Fsp3) is 0.447. The Bertz CT molecular complexity index is 2210. The zero-order valence-electron chi connectivity index (χ0n) is 28.0. The first kappa shape index (κ1) is 31.4. The number of hydrogen-bond donors (Lipinski definition) is 1. The molecular weight excluding hydrogens is 643 g/mol. The molecule has 1 N–H and O–H groups in total. The average Bonchev–Trinajstić information content (AvgIpc) is 3.59. The van der Waals surface area contributed by atoms with Gasteiger partial charge in [0.25, 0.3) is 0 Å². The van der Waals surface area contributed by atoms with Crippen molar-refractivity contribution in [3.05, 3.63) is 47.7 Å². The largest absolute Gasteiger partial charge is 0.508 e. The van der Waals surface area contributed by atoms with Crippen molar-refractivity contribution in [2.24, 2.45) is 13.0 Å². The van der Waals surface area contributed by atoms with Gasteiger partial charge in [0.15, 0.2) is 12.0 Å². The highest BCUT2D eigenvalue weighted by atomic mass is 19.1. The number of ether oxygens (including phenoxy) is 1. The van der Waals surface area contributed by atoms with Crippen LogP contribution in [0.3, 0.4) is 0 Å². The Balaban J connectivity index is 1.32. The molecule has 9 nitrogen and oxygen atoms in total. The summed E-state index contributed by atoms with van der Waals surface area (Å²) in [7, 11) is 1.76. The van der Waals surface area contributed by atoms with Crippen LogP contribution in [0.1, 0.15) is 44.6 Å². The normalized spacial score (nSPS) is 26.6. The molecule has 6 atom stereocenters. The summed E-state index contributed by atoms with van der Waals surface area (Å²) in [6.07, 6.45) is 10.4. The summed E-state index contributed by atoms with van der Waals surface area (Å²) in [5, 5.41) is 17.5. The summed E-state index contributed by atoms with van der Waals surface area (Å²) >= 11 is 0. The standard InChI is InChI=1S/C38H38F3N7O2/c1-4-26-29(40)11-8-20-14-25(49)15-27(30(20)26)31-33(41)35-32(28-19-45(3)44-34(28)31)36(48-23-9-10-24(48)18-46(5-2)17-23)43-38(42-35)50-37-21-7-6-12-47(37)16-22(39)13-21/h1,8,11,14-15,19,21-24,37,49H,5-7,9-10,12-13,16-18H2,2-3H3/t21-,22-,23?,24?,37?/m1/s1. The predicted octanol–water partition coefficient (Wildman–Crippen LogP) is 6.13. The van der Waals surface area contributed by atoms with Gasteiger partial charge in [0.1, 0.15) is 34.6 Å². The van der Waals surface area contributed by atoms with Crippen LogP contribution in [0.2, 0.25) is 0 Å². The fourth-order valence-corrected chi connectivity index (χ4v) is 9.25. The van der Waals surface area contributed by atoms with E-state index >= 15 is 8.78 Å². The summed E-state index contributed by atoms with van der Waals surface area (Å²) in [6.45, 7) is 5.81. The molecular formula is C38H38F3N7O2. The molecule has 9 rings (SSSR count). The minimum atomic E-state index is -0.924. The number of piperidine rings is 2. The molecule has 3 aromatic carbocycles. The van der Waals surface area contributed by atoms with Crippen LogP contribution in [0.5, 0.6) is 11.8 Å². The number of nitrogens with zero attached hydrogens (tertiary/aromatic N) is 7. The highest BCUT2D eigenvalue weighted by molar-refractivity contribution is 6.18. The van der Waals surface area contributed by atoms with Crippen LogP contribution < -0.4 is 9.64 Å². The maximum Gasteiger partial charge on any atom is 0.320 e. The van der Waals surface area contributed by atoms with E-state index < -0.39 is 24.0 Å². The molecule has 5 aromatic rings. The Morgan fingerprint density at radius 1 is 1.04 bits per heavy atom. The third-order valence-electron chi connectivity index (χ3n) is 11.3. The number of hydrogen-bond acceptors (Lipinski definition) is 8. The molecule has 0 amide bonds. The molecule has 4 aliphatic rings. The predicted molar refractivity (Wildman–Crippen MR) is 186 cm³/mol. The van der Waals surface area contributed by atoms with Gasteiger partial charge in [-0.15, -0.1) is 6.42 Å². The Kier molecular flexibility index (Phi) is 7.37. The number of phenolic OH excluding ortho intramolecular Hbond substituents is 1. The van der Waals surface area contributed by atoms with Crippen LogP contribution in [0, 0.1) is 29.9 Å². The van der Waals surface area contributed by atoms with Crippen molar-refractivity contribution in [1.29, 1.82) is 0 Å². The smallest absolute Gasteiger partial charge is 0.320 e. The Morgan fingerprint density at radius 2 is 1.84 bits per heavy atom. The van der Waals surface area contributed by atoms with Crippen molar-refractivity contribution in [2.45, 2.75) is 63.5 Å². The van der Waals surface area contributed by atoms with E-state index in [-0.39, 0.29) is 58.5 Å². The van der Waals surface area contributed by atoms with E-state index in [2.05, 4.69) is 22.6 Å². The molecule has 0 saturated carbocycles. The maximum atomic E-state index is 17.7. The van der Waals surface area contributed by atoms with Gasteiger partial charge in [-0.05, 0) is 67.8 Å². The minimum absolute atomic E-state index is 0.0310. The van der Waals surface area contributed by atoms with E-state index in [1.54, 1.807) is 11.7 Å². The monoisotopic (exact) mass is 681 g/mol. The van der Waals surface area contributed by atoms with Gasteiger partial charge in [-0.25, -0.2) is 13.2 Å². The van der Waals surface area contributed by atoms with Gasteiger partial charge < -0.3 is 14.7 Å². The molecule has 0 spiro atoms. The number of aromatic hydroxyl groups is 1. The summed E-state index contributed by atoms with van der Waals surface area (Å²) in [6, 6.07) is 5.99. The molecule has 0 radical (unpaired) electrons. The van der Waals surface area contributed by atoms with E-state index in [0.717, 1.165) is 45.3 Å². The first-order valence-electron chi connectivity index (χ1n) is 17.6. The van der Waals surface area contributed by atoms with Crippen molar-refractivity contribution in [1.82, 2.24) is 29.5 Å². The van der Waals surface area contributed by atoms with Crippen molar-refractivity contribution in [2.75, 3.05) is 37.6 Å². The maximum absolute atomic E-state index is 17.7. The summed E-state index contributed by atoms with van der Waals surface area (Å²) in [5.74, 6) is 1.54. The van der Waals surface area contributed by atoms with Gasteiger partial charge >= 0.3 is 6.01 Å². The van der Waals surface area contributed by atoms with E-state index in [1.165, 1.54) is 24.3 Å². The number of rotatable bonds is 5. The lowest BCUT2D eigenvalue weighted by molar-refractivity contribution is -0.0989. The first-order valence-corrected chi connectivity index (χ1v) is 17.6. The molecule has 258 valence electrons. The van der Waals surface area contributed by atoms with Crippen LogP contribution in [0.25, 0.3) is 43.7 Å². The number of likely N-dealkylation sites (tertiary alicyclic amines) is 1. The van der Waals surface area contributed by atoms with Gasteiger partial charge in [-0.2, -0.15) is 15.1 Å². The Labute approximate surface area is 287 Å². The molecule has 4 unspecified atom stereocenters. The molecule has 4 bridgehead atoms. The highest BCUT2D eigenvalue weighted by Gasteiger charge is 2.44. The number of likely N-dealkylation sites (N-methyl/N-ethyl adjacent to an activating group) is 1. The number of phenols is 1. The number of fused-ring (bicyclic) bond motifs is 8. The van der Waals surface area contributed by atoms with Crippen molar-refractivity contribution in [3.63, 3.8) is 0 Å². The number of alkyl halides is 1. The SMILES string of the molecule is C#Cc1c(F)ccc2cc(O)cc(-c3c(F)c4nc(OC5[C@@H]6CCCN5C[C@H](F)C6)nc(N5C6CCC5CN(CC)C6)c4c4cn(C)nc34)c12. The molecule has 4 saturated heterocycles. The lowest BCUT2D eigenvalue weighted by Gasteiger charge is -2.45. The van der Waals surface area contributed by atoms with Crippen LogP contribution >= 0.6 is 0 Å². The van der Waals surface area contributed by atoms with Crippen LogP contribution in [0.4, 0.5) is 19.0 Å². The summed E-state index contributed by atoms with van der Waals surface area (Å²) in [5.41, 5.74) is 0.563. The van der Waals surface area contributed by atoms with E-state index in [4.69, 9.17) is 26.2 Å². The van der Waals surface area contributed by atoms with E-state index in [1.807, 2.05) is 11.1 Å². The second-order valence-electron chi connectivity index (χ2n) is 14.3. The molecule has 12 heteroatoms. The molecule has 4 fully saturated rings. The Morgan fingerprint density at radius 3 is 2.58 bits per heavy atom. The van der Waals surface area contributed by atoms with Gasteiger partial charge in [-0.1, -0.05) is 18.9 Å². The zero-order chi connectivity index (χ0) is 34.4. The third-order valence-corrected chi connectivity index (χ3v) is 11.3. The molecule has 4 aliphatic heterocycles. The number of terminal acetylenes is 1. The van der Waals surface area contributed by atoms with E-state index in [0.29, 0.717) is 45.8 Å². The van der Waals surface area contributed by atoms with Crippen molar-refractivity contribution >= 4 is 38.4 Å². The minimum Gasteiger partial charge on any atom is -0.508 e. The summed E-state index contributed by atoms with van der Waals surface area (Å²) < 4.78 is 55.8. The van der Waals surface area contributed by atoms with Crippen molar-refractivity contribution < 1.29 is 23.0 Å². The molecule has 2 aromatic heterocycles. The second kappa shape index (κ2) is 11.7. The summed E-state index contributed by atoms with van der Waals surface area (Å²) in [4.78, 5) is 16.7. The number of aryl methyl sites for hydroxylation is 1. The molecule has 50 heavy (non-hydrogen) atoms. The number of aromatic nitrogens is 4. The lowest BCUT2D eigenvalue weighted by atomic mass is 9.86. The number of anilines is 1. The van der Waals surface area contributed by atoms with Crippen LogP contribution in [0.15, 0.2) is 30.5 Å². The topological polar surface area (TPSA) is 82.8 Å². The van der Waals surface area contributed by atoms with Gasteiger partial charge in [-0.3, -0.25) is 14.5 Å². The average molecular weight is 682 g/mol. The number of halogens is 3. The zero-order valence-corrected chi connectivity index (χ0v) is 28.0. The van der Waals surface area contributed by atoms with Crippen molar-refractivity contribution in [3.8, 4) is 35.2 Å². The molecule has 6 heterocycles. The Hall–Kier alpha value is -4.60. The van der Waals surface area contributed by atoms with Gasteiger partial charge in [0, 0.05) is 73.8 Å². The number of piperazine rings is 1. The quantitative estimate of drug-likeness (QED) is 0.222. The van der Waals surface area contributed by atoms with Crippen LogP contribution in [-0.2, 0) is 7.05 Å². The van der Waals surface area contributed by atoms with Gasteiger partial charge in [0.05, 0.1) is 10.9 Å². The third kappa shape index (κ3) is 4.81. The first-order chi connectivity index (χ1) is 24.2. The highest BCUT2D eigenvalue weighted by Crippen LogP contribution is 2.47.